The Morgan fingerprint density at radius 2 is 1.50 bits per heavy atom. The van der Waals surface area contributed by atoms with Crippen molar-refractivity contribution in [3.05, 3.63) is 71.8 Å². The van der Waals surface area contributed by atoms with E-state index in [1.165, 1.54) is 24.8 Å². The monoisotopic (exact) mass is 323 g/mol. The normalized spacial score (nSPS) is 19.6. The zero-order valence-corrected chi connectivity index (χ0v) is 14.7. The maximum atomic E-state index is 11.7. The molecule has 2 heteroatoms. The van der Waals surface area contributed by atoms with Crippen LogP contribution in [0.1, 0.15) is 49.7 Å². The molecule has 0 aliphatic carbocycles. The van der Waals surface area contributed by atoms with Gasteiger partial charge >= 0.3 is 0 Å². The summed E-state index contributed by atoms with van der Waals surface area (Å²) in [7, 11) is 0. The highest BCUT2D eigenvalue weighted by Crippen LogP contribution is 2.40. The second kappa shape index (κ2) is 7.96. The summed E-state index contributed by atoms with van der Waals surface area (Å²) in [5, 5.41) is 11.7. The SMILES string of the molecule is CC[C@](O)(c1ccccc1)[C@@H](CN1CCCCC1)c1ccccc1. The van der Waals surface area contributed by atoms with Gasteiger partial charge in [0.1, 0.15) is 0 Å². The largest absolute Gasteiger partial charge is 0.384 e. The van der Waals surface area contributed by atoms with Crippen molar-refractivity contribution >= 4 is 0 Å². The van der Waals surface area contributed by atoms with Crippen molar-refractivity contribution in [3.8, 4) is 0 Å². The summed E-state index contributed by atoms with van der Waals surface area (Å²) >= 11 is 0. The van der Waals surface area contributed by atoms with Gasteiger partial charge in [-0.3, -0.25) is 0 Å². The number of aliphatic hydroxyl groups is 1. The van der Waals surface area contributed by atoms with Crippen LogP contribution in [0.5, 0.6) is 0 Å². The Kier molecular flexibility index (Phi) is 5.70. The maximum absolute atomic E-state index is 11.7. The van der Waals surface area contributed by atoms with Crippen LogP contribution in [0, 0.1) is 0 Å². The van der Waals surface area contributed by atoms with Crippen LogP contribution in [0.2, 0.25) is 0 Å². The van der Waals surface area contributed by atoms with Crippen molar-refractivity contribution < 1.29 is 5.11 Å². The summed E-state index contributed by atoms with van der Waals surface area (Å²) in [5.41, 5.74) is 1.43. The number of hydrogen-bond acceptors (Lipinski definition) is 2. The molecule has 0 spiro atoms. The second-order valence-corrected chi connectivity index (χ2v) is 6.97. The van der Waals surface area contributed by atoms with Crippen LogP contribution in [-0.2, 0) is 5.60 Å². The highest BCUT2D eigenvalue weighted by molar-refractivity contribution is 5.31. The Balaban J connectivity index is 1.95. The first kappa shape index (κ1) is 17.2. The molecule has 1 aliphatic heterocycles. The van der Waals surface area contributed by atoms with E-state index in [1.807, 2.05) is 18.2 Å². The molecule has 2 aromatic rings. The van der Waals surface area contributed by atoms with Crippen molar-refractivity contribution in [2.45, 2.75) is 44.1 Å². The lowest BCUT2D eigenvalue weighted by molar-refractivity contribution is -0.0104. The molecular weight excluding hydrogens is 294 g/mol. The van der Waals surface area contributed by atoms with E-state index >= 15 is 0 Å². The topological polar surface area (TPSA) is 23.5 Å². The second-order valence-electron chi connectivity index (χ2n) is 6.97. The van der Waals surface area contributed by atoms with E-state index in [0.29, 0.717) is 6.42 Å². The fourth-order valence-electron chi connectivity index (χ4n) is 4.00. The van der Waals surface area contributed by atoms with Crippen LogP contribution < -0.4 is 0 Å². The summed E-state index contributed by atoms with van der Waals surface area (Å²) < 4.78 is 0. The zero-order chi connectivity index (χ0) is 16.8. The standard InChI is InChI=1S/C22H29NO/c1-2-22(24,20-14-8-4-9-15-20)21(19-12-6-3-7-13-19)18-23-16-10-5-11-17-23/h3-4,6-9,12-15,21,24H,2,5,10-11,16-18H2,1H3/t21-,22-/m0/s1. The van der Waals surface area contributed by atoms with E-state index in [9.17, 15) is 5.11 Å². The minimum absolute atomic E-state index is 0.0872. The Bertz CT molecular complexity index is 606. The molecule has 128 valence electrons. The number of likely N-dealkylation sites (tertiary alicyclic amines) is 1. The van der Waals surface area contributed by atoms with Gasteiger partial charge in [0.2, 0.25) is 0 Å². The molecule has 0 amide bonds. The number of hydrogen-bond donors (Lipinski definition) is 1. The van der Waals surface area contributed by atoms with E-state index in [4.69, 9.17) is 0 Å². The molecule has 0 radical (unpaired) electrons. The summed E-state index contributed by atoms with van der Waals surface area (Å²) in [4.78, 5) is 2.53. The van der Waals surface area contributed by atoms with E-state index in [2.05, 4.69) is 54.3 Å². The lowest BCUT2D eigenvalue weighted by Crippen LogP contribution is -2.42. The molecule has 0 bridgehead atoms. The minimum Gasteiger partial charge on any atom is -0.384 e. The highest BCUT2D eigenvalue weighted by Gasteiger charge is 2.38. The molecule has 1 aliphatic rings. The third-order valence-corrected chi connectivity index (χ3v) is 5.48. The predicted octanol–water partition coefficient (Wildman–Crippen LogP) is 4.55. The van der Waals surface area contributed by atoms with Crippen molar-refractivity contribution in [1.82, 2.24) is 4.90 Å². The van der Waals surface area contributed by atoms with Crippen molar-refractivity contribution in [2.75, 3.05) is 19.6 Å². The Hall–Kier alpha value is -1.64. The fraction of sp³-hybridized carbons (Fsp3) is 0.455. The zero-order valence-electron chi connectivity index (χ0n) is 14.7. The van der Waals surface area contributed by atoms with Gasteiger partial charge in [-0.05, 0) is 43.5 Å². The van der Waals surface area contributed by atoms with E-state index in [-0.39, 0.29) is 5.92 Å². The van der Waals surface area contributed by atoms with Gasteiger partial charge < -0.3 is 10.0 Å². The first-order chi connectivity index (χ1) is 11.7. The fourth-order valence-corrected chi connectivity index (χ4v) is 4.00. The summed E-state index contributed by atoms with van der Waals surface area (Å²) in [6.45, 7) is 5.32. The van der Waals surface area contributed by atoms with Gasteiger partial charge in [-0.15, -0.1) is 0 Å². The summed E-state index contributed by atoms with van der Waals surface area (Å²) in [6.07, 6.45) is 4.60. The molecule has 2 aromatic carbocycles. The molecule has 2 atom stereocenters. The average Bonchev–Trinajstić information content (AvgIpc) is 2.68. The van der Waals surface area contributed by atoms with Crippen LogP contribution in [-0.4, -0.2) is 29.6 Å². The third kappa shape index (κ3) is 3.71. The summed E-state index contributed by atoms with van der Waals surface area (Å²) in [5.74, 6) is 0.0872. The lowest BCUT2D eigenvalue weighted by Gasteiger charge is -2.40. The molecule has 0 aromatic heterocycles. The molecule has 0 unspecified atom stereocenters. The van der Waals surface area contributed by atoms with Crippen LogP contribution in [0.3, 0.4) is 0 Å². The molecule has 24 heavy (non-hydrogen) atoms. The van der Waals surface area contributed by atoms with Crippen molar-refractivity contribution in [2.24, 2.45) is 0 Å². The minimum atomic E-state index is -0.833. The van der Waals surface area contributed by atoms with Crippen LogP contribution in [0.4, 0.5) is 0 Å². The number of nitrogens with zero attached hydrogens (tertiary/aromatic N) is 1. The first-order valence-corrected chi connectivity index (χ1v) is 9.29. The van der Waals surface area contributed by atoms with E-state index < -0.39 is 5.60 Å². The molecule has 3 rings (SSSR count). The number of rotatable bonds is 6. The van der Waals surface area contributed by atoms with Gasteiger partial charge in [0, 0.05) is 12.5 Å². The van der Waals surface area contributed by atoms with E-state index in [0.717, 1.165) is 25.2 Å². The molecule has 1 fully saturated rings. The van der Waals surface area contributed by atoms with Gasteiger partial charge in [0.25, 0.3) is 0 Å². The number of piperidine rings is 1. The third-order valence-electron chi connectivity index (χ3n) is 5.48. The molecule has 1 heterocycles. The predicted molar refractivity (Wildman–Crippen MR) is 100 cm³/mol. The van der Waals surface area contributed by atoms with Gasteiger partial charge in [0.15, 0.2) is 0 Å². The highest BCUT2D eigenvalue weighted by atomic mass is 16.3. The van der Waals surface area contributed by atoms with Crippen molar-refractivity contribution in [1.29, 1.82) is 0 Å². The average molecular weight is 323 g/mol. The first-order valence-electron chi connectivity index (χ1n) is 9.29. The van der Waals surface area contributed by atoms with E-state index in [1.54, 1.807) is 0 Å². The maximum Gasteiger partial charge on any atom is 0.0974 e. The molecule has 1 N–H and O–H groups in total. The van der Waals surface area contributed by atoms with Crippen LogP contribution >= 0.6 is 0 Å². The van der Waals surface area contributed by atoms with Gasteiger partial charge in [-0.1, -0.05) is 74.0 Å². The van der Waals surface area contributed by atoms with Crippen LogP contribution in [0.25, 0.3) is 0 Å². The lowest BCUT2D eigenvalue weighted by atomic mass is 9.75. The summed E-state index contributed by atoms with van der Waals surface area (Å²) in [6, 6.07) is 20.7. The van der Waals surface area contributed by atoms with Gasteiger partial charge in [0.05, 0.1) is 5.60 Å². The van der Waals surface area contributed by atoms with Gasteiger partial charge in [-0.25, -0.2) is 0 Å². The molecular formula is C22H29NO. The Morgan fingerprint density at radius 3 is 2.08 bits per heavy atom. The Labute approximate surface area is 146 Å². The molecule has 1 saturated heterocycles. The smallest absolute Gasteiger partial charge is 0.0974 e. The van der Waals surface area contributed by atoms with Gasteiger partial charge in [-0.2, -0.15) is 0 Å². The number of benzene rings is 2. The quantitative estimate of drug-likeness (QED) is 0.843. The molecule has 2 nitrogen and oxygen atoms in total. The Morgan fingerprint density at radius 1 is 0.917 bits per heavy atom. The van der Waals surface area contributed by atoms with Crippen LogP contribution in [0.15, 0.2) is 60.7 Å². The van der Waals surface area contributed by atoms with Crippen molar-refractivity contribution in [3.63, 3.8) is 0 Å². The molecule has 0 saturated carbocycles.